The van der Waals surface area contributed by atoms with Gasteiger partial charge in [-0.2, -0.15) is 5.01 Å². The number of hydrogen-bond acceptors (Lipinski definition) is 6. The van der Waals surface area contributed by atoms with Gasteiger partial charge in [-0.15, -0.1) is 0 Å². The van der Waals surface area contributed by atoms with Crippen LogP contribution in [0, 0.1) is 0 Å². The molecule has 1 aromatic carbocycles. The average molecular weight is 392 g/mol. The lowest BCUT2D eigenvalue weighted by Crippen LogP contribution is -2.44. The summed E-state index contributed by atoms with van der Waals surface area (Å²) < 4.78 is 0.274. The molecule has 0 aliphatic carbocycles. The molecule has 2 amide bonds. The molecule has 0 saturated carbocycles. The van der Waals surface area contributed by atoms with Crippen LogP contribution in [0.15, 0.2) is 66.0 Å². The van der Waals surface area contributed by atoms with E-state index in [2.05, 4.69) is 15.4 Å². The number of rotatable bonds is 3. The van der Waals surface area contributed by atoms with Gasteiger partial charge < -0.3 is 0 Å². The molecule has 2 aromatic heterocycles. The second-order valence-electron chi connectivity index (χ2n) is 5.65. The van der Waals surface area contributed by atoms with Gasteiger partial charge in [-0.05, 0) is 54.2 Å². The first kappa shape index (κ1) is 17.3. The topological polar surface area (TPSA) is 75.2 Å². The summed E-state index contributed by atoms with van der Waals surface area (Å²) in [5, 5.41) is 2.07. The molecule has 0 unspecified atom stereocenters. The van der Waals surface area contributed by atoms with Gasteiger partial charge in [-0.1, -0.05) is 23.9 Å². The van der Waals surface area contributed by atoms with Crippen molar-refractivity contribution in [2.45, 2.75) is 0 Å². The summed E-state index contributed by atoms with van der Waals surface area (Å²) in [6.07, 6.45) is 6.50. The van der Waals surface area contributed by atoms with Gasteiger partial charge in [0.2, 0.25) is 0 Å². The Morgan fingerprint density at radius 3 is 2.78 bits per heavy atom. The smallest absolute Gasteiger partial charge is 0.267 e. The maximum absolute atomic E-state index is 12.7. The minimum atomic E-state index is -0.424. The van der Waals surface area contributed by atoms with Crippen molar-refractivity contribution < 1.29 is 9.59 Å². The van der Waals surface area contributed by atoms with Crippen LogP contribution in [0.25, 0.3) is 17.0 Å². The van der Waals surface area contributed by atoms with Crippen LogP contribution in [0.5, 0.6) is 0 Å². The molecule has 1 saturated heterocycles. The average Bonchev–Trinajstić information content (AvgIpc) is 2.96. The quantitative estimate of drug-likeness (QED) is 0.545. The van der Waals surface area contributed by atoms with Crippen LogP contribution in [0.2, 0.25) is 0 Å². The van der Waals surface area contributed by atoms with Gasteiger partial charge in [0.15, 0.2) is 4.32 Å². The van der Waals surface area contributed by atoms with Crippen LogP contribution < -0.4 is 5.43 Å². The van der Waals surface area contributed by atoms with Crippen LogP contribution in [0.1, 0.15) is 15.9 Å². The van der Waals surface area contributed by atoms with E-state index >= 15 is 0 Å². The summed E-state index contributed by atoms with van der Waals surface area (Å²) in [4.78, 5) is 33.5. The molecule has 3 aromatic rings. The molecule has 0 spiro atoms. The van der Waals surface area contributed by atoms with Crippen LogP contribution in [0.4, 0.5) is 0 Å². The number of nitrogens with one attached hydrogen (secondary N) is 1. The fraction of sp³-hybridized carbons (Fsp3) is 0. The number of hydrazine groups is 1. The maximum atomic E-state index is 12.7. The van der Waals surface area contributed by atoms with Gasteiger partial charge in [-0.25, -0.2) is 0 Å². The highest BCUT2D eigenvalue weighted by Crippen LogP contribution is 2.31. The summed E-state index contributed by atoms with van der Waals surface area (Å²) in [7, 11) is 0. The second-order valence-corrected chi connectivity index (χ2v) is 7.33. The van der Waals surface area contributed by atoms with E-state index in [0.717, 1.165) is 33.2 Å². The Labute approximate surface area is 164 Å². The molecule has 3 heterocycles. The van der Waals surface area contributed by atoms with Gasteiger partial charge in [0, 0.05) is 29.5 Å². The normalized spacial score (nSPS) is 15.6. The van der Waals surface area contributed by atoms with Crippen LogP contribution >= 0.6 is 24.0 Å². The summed E-state index contributed by atoms with van der Waals surface area (Å²) in [5.41, 5.74) is 4.68. The zero-order valence-electron chi connectivity index (χ0n) is 13.8. The molecule has 1 aliphatic heterocycles. The fourth-order valence-electron chi connectivity index (χ4n) is 2.57. The molecule has 0 radical (unpaired) electrons. The lowest BCUT2D eigenvalue weighted by molar-refractivity contribution is -0.123. The van der Waals surface area contributed by atoms with Gasteiger partial charge in [0.1, 0.15) is 0 Å². The second kappa shape index (κ2) is 7.26. The first-order valence-corrected chi connectivity index (χ1v) is 9.18. The Hall–Kier alpha value is -3.10. The minimum absolute atomic E-state index is 0.274. The highest BCUT2D eigenvalue weighted by Gasteiger charge is 2.33. The predicted molar refractivity (Wildman–Crippen MR) is 108 cm³/mol. The molecule has 1 N–H and O–H groups in total. The summed E-state index contributed by atoms with van der Waals surface area (Å²) in [5.74, 6) is -0.787. The molecule has 8 heteroatoms. The van der Waals surface area contributed by atoms with Crippen LogP contribution in [-0.4, -0.2) is 31.1 Å². The van der Waals surface area contributed by atoms with Gasteiger partial charge in [-0.3, -0.25) is 25.0 Å². The van der Waals surface area contributed by atoms with Crippen molar-refractivity contribution >= 4 is 57.1 Å². The van der Waals surface area contributed by atoms with Crippen molar-refractivity contribution in [1.82, 2.24) is 20.4 Å². The van der Waals surface area contributed by atoms with E-state index in [1.807, 2.05) is 30.3 Å². The van der Waals surface area contributed by atoms with E-state index in [-0.39, 0.29) is 10.2 Å². The predicted octanol–water partition coefficient (Wildman–Crippen LogP) is 3.18. The van der Waals surface area contributed by atoms with E-state index in [1.54, 1.807) is 24.4 Å². The number of thioether (sulfide) groups is 1. The molecule has 132 valence electrons. The number of nitrogens with zero attached hydrogens (tertiary/aromatic N) is 3. The number of thiocarbonyl (C=S) groups is 1. The number of amides is 2. The third-order valence-corrected chi connectivity index (χ3v) is 5.18. The zero-order valence-corrected chi connectivity index (χ0v) is 15.5. The van der Waals surface area contributed by atoms with Crippen molar-refractivity contribution in [3.05, 3.63) is 77.1 Å². The highest BCUT2D eigenvalue weighted by atomic mass is 32.2. The zero-order chi connectivity index (χ0) is 18.8. The lowest BCUT2D eigenvalue weighted by atomic mass is 10.1. The van der Waals surface area contributed by atoms with E-state index < -0.39 is 5.91 Å². The van der Waals surface area contributed by atoms with Gasteiger partial charge in [0.25, 0.3) is 11.8 Å². The Morgan fingerprint density at radius 2 is 1.96 bits per heavy atom. The third kappa shape index (κ3) is 3.57. The van der Waals surface area contributed by atoms with Crippen molar-refractivity contribution in [3.63, 3.8) is 0 Å². The Morgan fingerprint density at radius 1 is 1.15 bits per heavy atom. The molecule has 4 rings (SSSR count). The van der Waals surface area contributed by atoms with Gasteiger partial charge in [0.05, 0.1) is 10.4 Å². The van der Waals surface area contributed by atoms with E-state index in [4.69, 9.17) is 12.2 Å². The summed E-state index contributed by atoms with van der Waals surface area (Å²) in [6, 6.07) is 12.7. The van der Waals surface area contributed by atoms with Crippen molar-refractivity contribution in [2.75, 3.05) is 0 Å². The number of benzene rings is 1. The molecule has 1 aliphatic rings. The molecule has 1 fully saturated rings. The summed E-state index contributed by atoms with van der Waals surface area (Å²) in [6.45, 7) is 0. The SMILES string of the molecule is O=C(NN1C(=O)C(=Cc2ccc3ncccc3c2)SC1=S)c1ccncc1. The standard InChI is InChI=1S/C19H12N4O2S2/c24-17(13-5-8-20-9-6-13)22-23-18(25)16(27-19(23)26)11-12-3-4-15-14(10-12)2-1-7-21-15/h1-11H,(H,22,24). The van der Waals surface area contributed by atoms with Crippen molar-refractivity contribution in [1.29, 1.82) is 0 Å². The first-order valence-electron chi connectivity index (χ1n) is 7.95. The largest absolute Gasteiger partial charge is 0.285 e. The van der Waals surface area contributed by atoms with E-state index in [0.29, 0.717) is 10.5 Å². The van der Waals surface area contributed by atoms with E-state index in [9.17, 15) is 9.59 Å². The summed E-state index contributed by atoms with van der Waals surface area (Å²) >= 11 is 6.39. The number of carbonyl (C=O) groups is 2. The molecule has 6 nitrogen and oxygen atoms in total. The Bertz CT molecular complexity index is 1100. The first-order chi connectivity index (χ1) is 13.1. The number of fused-ring (bicyclic) bond motifs is 1. The molecule has 0 atom stereocenters. The molecular formula is C19H12N4O2S2. The lowest BCUT2D eigenvalue weighted by Gasteiger charge is -2.15. The number of pyridine rings is 2. The van der Waals surface area contributed by atoms with Crippen LogP contribution in [-0.2, 0) is 4.79 Å². The molecule has 0 bridgehead atoms. The minimum Gasteiger partial charge on any atom is -0.267 e. The van der Waals surface area contributed by atoms with Crippen molar-refractivity contribution in [3.8, 4) is 0 Å². The van der Waals surface area contributed by atoms with Crippen molar-refractivity contribution in [2.24, 2.45) is 0 Å². The molecule has 27 heavy (non-hydrogen) atoms. The maximum Gasteiger partial charge on any atom is 0.285 e. The molecular weight excluding hydrogens is 380 g/mol. The Balaban J connectivity index is 1.56. The number of hydrogen-bond donors (Lipinski definition) is 1. The Kier molecular flexibility index (Phi) is 4.66. The monoisotopic (exact) mass is 392 g/mol. The van der Waals surface area contributed by atoms with Crippen LogP contribution in [0.3, 0.4) is 0 Å². The highest BCUT2D eigenvalue weighted by molar-refractivity contribution is 8.26. The fourth-order valence-corrected chi connectivity index (χ4v) is 3.75. The van der Waals surface area contributed by atoms with Gasteiger partial charge >= 0.3 is 0 Å². The number of carbonyl (C=O) groups excluding carboxylic acids is 2. The third-order valence-electron chi connectivity index (χ3n) is 3.87. The van der Waals surface area contributed by atoms with E-state index in [1.165, 1.54) is 12.4 Å². The number of aromatic nitrogens is 2.